The van der Waals surface area contributed by atoms with Crippen molar-refractivity contribution < 1.29 is 53.1 Å². The molecule has 1 aliphatic carbocycles. The number of aliphatic hydroxyl groups excluding tert-OH is 1. The largest absolute Gasteiger partial charge is 0.497 e. The third-order valence-corrected chi connectivity index (χ3v) is 7.98. The number of allylic oxidation sites excluding steroid dienone is 4. The molecule has 0 saturated heterocycles. The summed E-state index contributed by atoms with van der Waals surface area (Å²) < 4.78 is 27.3. The SMILES string of the molecule is CCC1(/C=C/C(=O)O)C=CC(OC(=O)c2ccc(OCCCCCCOC(=O)CCCCCOC(=O)CCCCCO)cc2)=C(OC)C1. The Kier molecular flexibility index (Phi) is 19.4. The third kappa shape index (κ3) is 16.1. The zero-order valence-corrected chi connectivity index (χ0v) is 28.4. The second-order valence-corrected chi connectivity index (χ2v) is 11.7. The molecule has 0 bridgehead atoms. The highest BCUT2D eigenvalue weighted by Gasteiger charge is 2.31. The van der Waals surface area contributed by atoms with Gasteiger partial charge in [-0.2, -0.15) is 0 Å². The molecule has 0 radical (unpaired) electrons. The summed E-state index contributed by atoms with van der Waals surface area (Å²) in [6.07, 6.45) is 15.9. The lowest BCUT2D eigenvalue weighted by atomic mass is 9.77. The monoisotopic (exact) mass is 672 g/mol. The molecule has 11 nitrogen and oxygen atoms in total. The molecule has 0 aliphatic heterocycles. The molecule has 1 aromatic rings. The van der Waals surface area contributed by atoms with Gasteiger partial charge in [0.1, 0.15) is 11.5 Å². The number of aliphatic hydroxyl groups is 1. The number of hydrogen-bond acceptors (Lipinski definition) is 10. The predicted octanol–water partition coefficient (Wildman–Crippen LogP) is 6.84. The number of unbranched alkanes of at least 4 members (excludes halogenated alkanes) is 7. The lowest BCUT2D eigenvalue weighted by Gasteiger charge is -2.30. The van der Waals surface area contributed by atoms with Crippen LogP contribution in [-0.4, -0.2) is 67.6 Å². The Morgan fingerprint density at radius 3 is 1.96 bits per heavy atom. The number of hydrogen-bond donors (Lipinski definition) is 2. The van der Waals surface area contributed by atoms with E-state index in [9.17, 15) is 19.2 Å². The van der Waals surface area contributed by atoms with Crippen LogP contribution in [0, 0.1) is 5.41 Å². The maximum atomic E-state index is 12.8. The molecular weight excluding hydrogens is 620 g/mol. The van der Waals surface area contributed by atoms with E-state index in [4.69, 9.17) is 33.9 Å². The third-order valence-electron chi connectivity index (χ3n) is 7.98. The van der Waals surface area contributed by atoms with Crippen molar-refractivity contribution in [2.75, 3.05) is 33.5 Å². The highest BCUT2D eigenvalue weighted by Crippen LogP contribution is 2.39. The van der Waals surface area contributed by atoms with Gasteiger partial charge in [0.25, 0.3) is 0 Å². The van der Waals surface area contributed by atoms with Gasteiger partial charge in [-0.1, -0.05) is 25.5 Å². The van der Waals surface area contributed by atoms with E-state index < -0.39 is 17.4 Å². The van der Waals surface area contributed by atoms with E-state index in [1.807, 2.05) is 13.0 Å². The highest BCUT2D eigenvalue weighted by atomic mass is 16.6. The number of carboxylic acid groups (broad SMARTS) is 1. The van der Waals surface area contributed by atoms with Crippen LogP contribution in [0.4, 0.5) is 0 Å². The minimum Gasteiger partial charge on any atom is -0.497 e. The van der Waals surface area contributed by atoms with Crippen molar-refractivity contribution in [2.45, 2.75) is 96.8 Å². The zero-order chi connectivity index (χ0) is 35.0. The zero-order valence-electron chi connectivity index (χ0n) is 28.4. The van der Waals surface area contributed by atoms with Crippen molar-refractivity contribution in [3.05, 3.63) is 65.7 Å². The number of ether oxygens (including phenoxy) is 5. The van der Waals surface area contributed by atoms with Crippen LogP contribution in [0.1, 0.15) is 107 Å². The van der Waals surface area contributed by atoms with E-state index in [2.05, 4.69) is 0 Å². The quantitative estimate of drug-likeness (QED) is 0.0486. The van der Waals surface area contributed by atoms with Gasteiger partial charge in [0.05, 0.1) is 32.5 Å². The summed E-state index contributed by atoms with van der Waals surface area (Å²) >= 11 is 0. The maximum Gasteiger partial charge on any atom is 0.343 e. The van der Waals surface area contributed by atoms with Crippen LogP contribution in [-0.2, 0) is 33.3 Å². The first-order valence-corrected chi connectivity index (χ1v) is 17.0. The summed E-state index contributed by atoms with van der Waals surface area (Å²) in [5.74, 6) is -0.590. The van der Waals surface area contributed by atoms with Gasteiger partial charge in [0.15, 0.2) is 5.76 Å². The molecule has 0 amide bonds. The Morgan fingerprint density at radius 2 is 1.40 bits per heavy atom. The average Bonchev–Trinajstić information content (AvgIpc) is 3.09. The first kappa shape index (κ1) is 40.1. The first-order chi connectivity index (χ1) is 23.2. The van der Waals surface area contributed by atoms with Crippen molar-refractivity contribution in [1.29, 1.82) is 0 Å². The predicted molar refractivity (Wildman–Crippen MR) is 179 cm³/mol. The summed E-state index contributed by atoms with van der Waals surface area (Å²) in [4.78, 5) is 47.3. The van der Waals surface area contributed by atoms with E-state index in [1.165, 1.54) is 7.11 Å². The average molecular weight is 673 g/mol. The molecular formula is C37H52O11. The second kappa shape index (κ2) is 23.2. The molecule has 0 spiro atoms. The molecule has 11 heteroatoms. The summed E-state index contributed by atoms with van der Waals surface area (Å²) in [5, 5.41) is 17.8. The van der Waals surface area contributed by atoms with Gasteiger partial charge in [-0.15, -0.1) is 0 Å². The number of esters is 3. The van der Waals surface area contributed by atoms with Gasteiger partial charge in [-0.25, -0.2) is 9.59 Å². The molecule has 2 rings (SSSR count). The molecule has 1 unspecified atom stereocenters. The minimum absolute atomic E-state index is 0.145. The first-order valence-electron chi connectivity index (χ1n) is 17.0. The van der Waals surface area contributed by atoms with Crippen LogP contribution in [0.15, 0.2) is 60.1 Å². The maximum absolute atomic E-state index is 12.8. The number of carbonyl (C=O) groups excluding carboxylic acids is 3. The fraction of sp³-hybridized carbons (Fsp3) is 0.568. The van der Waals surface area contributed by atoms with E-state index in [0.29, 0.717) is 81.2 Å². The molecule has 48 heavy (non-hydrogen) atoms. The lowest BCUT2D eigenvalue weighted by Crippen LogP contribution is -2.21. The van der Waals surface area contributed by atoms with E-state index in [0.717, 1.165) is 57.4 Å². The van der Waals surface area contributed by atoms with Crippen LogP contribution >= 0.6 is 0 Å². The molecule has 2 N–H and O–H groups in total. The van der Waals surface area contributed by atoms with Gasteiger partial charge in [-0.3, -0.25) is 9.59 Å². The standard InChI is InChI=1S/C37H52O11/c1-3-37(23-21-33(39)40)22-20-31(32(28-37)44-2)48-36(43)29-16-18-30(19-17-29)45-25-11-4-5-12-26-46-35(42)15-9-7-13-27-47-34(41)14-8-6-10-24-38/h16-23,38H,3-15,24-28H2,1-2H3,(H,39,40)/b23-21+. The van der Waals surface area contributed by atoms with Crippen molar-refractivity contribution in [1.82, 2.24) is 0 Å². The van der Waals surface area contributed by atoms with Gasteiger partial charge >= 0.3 is 23.9 Å². The Balaban J connectivity index is 1.55. The van der Waals surface area contributed by atoms with Crippen molar-refractivity contribution in [3.63, 3.8) is 0 Å². The Bertz CT molecular complexity index is 1230. The van der Waals surface area contributed by atoms with E-state index in [1.54, 1.807) is 36.4 Å². The molecule has 0 aromatic heterocycles. The van der Waals surface area contributed by atoms with Crippen molar-refractivity contribution >= 4 is 23.9 Å². The Hall–Kier alpha value is -4.12. The van der Waals surface area contributed by atoms with Crippen LogP contribution in [0.3, 0.4) is 0 Å². The smallest absolute Gasteiger partial charge is 0.343 e. The molecule has 0 heterocycles. The summed E-state index contributed by atoms with van der Waals surface area (Å²) in [6.45, 7) is 3.37. The van der Waals surface area contributed by atoms with Crippen LogP contribution in [0.25, 0.3) is 0 Å². The minimum atomic E-state index is -1.03. The molecule has 0 fully saturated rings. The summed E-state index contributed by atoms with van der Waals surface area (Å²) in [5.41, 5.74) is -0.176. The lowest BCUT2D eigenvalue weighted by molar-refractivity contribution is -0.145. The normalized spacial score (nSPS) is 15.7. The number of methoxy groups -OCH3 is 1. The van der Waals surface area contributed by atoms with Crippen LogP contribution < -0.4 is 4.74 Å². The van der Waals surface area contributed by atoms with Crippen molar-refractivity contribution in [3.8, 4) is 5.75 Å². The molecule has 0 saturated carbocycles. The van der Waals surface area contributed by atoms with Crippen LogP contribution in [0.5, 0.6) is 5.75 Å². The second-order valence-electron chi connectivity index (χ2n) is 11.7. The molecule has 1 aliphatic rings. The topological polar surface area (TPSA) is 155 Å². The summed E-state index contributed by atoms with van der Waals surface area (Å²) in [7, 11) is 1.49. The van der Waals surface area contributed by atoms with Gasteiger partial charge in [0.2, 0.25) is 0 Å². The fourth-order valence-electron chi connectivity index (χ4n) is 4.97. The fourth-order valence-corrected chi connectivity index (χ4v) is 4.97. The van der Waals surface area contributed by atoms with Gasteiger partial charge < -0.3 is 33.9 Å². The molecule has 1 atom stereocenters. The number of aliphatic carboxylic acids is 1. The number of benzene rings is 1. The summed E-state index contributed by atoms with van der Waals surface area (Å²) in [6, 6.07) is 6.70. The Labute approximate surface area is 283 Å². The van der Waals surface area contributed by atoms with Crippen LogP contribution in [0.2, 0.25) is 0 Å². The van der Waals surface area contributed by atoms with Gasteiger partial charge in [-0.05, 0) is 94.5 Å². The number of carboxylic acids is 1. The molecule has 266 valence electrons. The number of rotatable bonds is 25. The Morgan fingerprint density at radius 1 is 0.812 bits per heavy atom. The number of carbonyl (C=O) groups is 4. The molecule has 1 aromatic carbocycles. The van der Waals surface area contributed by atoms with E-state index in [-0.39, 0.29) is 18.5 Å². The highest BCUT2D eigenvalue weighted by molar-refractivity contribution is 5.90. The van der Waals surface area contributed by atoms with E-state index >= 15 is 0 Å². The van der Waals surface area contributed by atoms with Crippen molar-refractivity contribution in [2.24, 2.45) is 5.41 Å². The van der Waals surface area contributed by atoms with Gasteiger partial charge in [0, 0.05) is 37.4 Å².